The Morgan fingerprint density at radius 2 is 1.59 bits per heavy atom. The Morgan fingerprint density at radius 1 is 1.03 bits per heavy atom. The van der Waals surface area contributed by atoms with Crippen LogP contribution in [0.2, 0.25) is 0 Å². The average Bonchev–Trinajstić information content (AvgIpc) is 2.92. The van der Waals surface area contributed by atoms with Crippen LogP contribution >= 0.6 is 0 Å². The molecule has 1 saturated heterocycles. The predicted molar refractivity (Wildman–Crippen MR) is 107 cm³/mol. The zero-order valence-corrected chi connectivity index (χ0v) is 17.0. The molecule has 1 fully saturated rings. The number of rotatable bonds is 6. The molecular weight excluding hydrogens is 372 g/mol. The molecule has 0 saturated carbocycles. The van der Waals surface area contributed by atoms with Gasteiger partial charge in [-0.15, -0.1) is 0 Å². The minimum atomic E-state index is -0.619. The number of imide groups is 1. The van der Waals surface area contributed by atoms with E-state index in [-0.39, 0.29) is 36.6 Å². The number of esters is 1. The molecule has 1 aromatic rings. The summed E-state index contributed by atoms with van der Waals surface area (Å²) in [5.41, 5.74) is 3.68. The van der Waals surface area contributed by atoms with Gasteiger partial charge in [0.25, 0.3) is 5.91 Å². The fraction of sp³-hybridized carbons (Fsp3) is 0.455. The van der Waals surface area contributed by atoms with Gasteiger partial charge in [-0.05, 0) is 44.7 Å². The first-order chi connectivity index (χ1) is 13.8. The molecule has 154 valence electrons. The number of carbonyl (C=O) groups is 4. The van der Waals surface area contributed by atoms with Crippen molar-refractivity contribution in [3.63, 3.8) is 0 Å². The summed E-state index contributed by atoms with van der Waals surface area (Å²) < 4.78 is 5.02. The quantitative estimate of drug-likeness (QED) is 0.451. The normalized spacial score (nSPS) is 20.6. The molecule has 0 radical (unpaired) electrons. The summed E-state index contributed by atoms with van der Waals surface area (Å²) in [6.45, 7) is 5.36. The fourth-order valence-corrected chi connectivity index (χ4v) is 4.06. The SMILES string of the molecule is Cc1cc(C)c(NC(=O)COC(=O)CCN2C(=O)[C@H]3CC=CC[C@@H]3C2=O)c(C)c1. The molecule has 2 aliphatic rings. The van der Waals surface area contributed by atoms with Crippen LogP contribution in [0.25, 0.3) is 0 Å². The predicted octanol–water partition coefficient (Wildman–Crippen LogP) is 2.43. The number of benzene rings is 1. The fourth-order valence-electron chi connectivity index (χ4n) is 4.06. The van der Waals surface area contributed by atoms with Crippen molar-refractivity contribution in [3.05, 3.63) is 41.0 Å². The standard InChI is InChI=1S/C22H26N2O5/c1-13-10-14(2)20(15(3)11-13)23-18(25)12-29-19(26)8-9-24-21(27)16-6-4-5-7-17(16)22(24)28/h4-5,10-11,16-17H,6-9,12H2,1-3H3,(H,23,25)/t16-,17-/m0/s1. The van der Waals surface area contributed by atoms with Crippen molar-refractivity contribution < 1.29 is 23.9 Å². The number of anilines is 1. The number of nitrogens with zero attached hydrogens (tertiary/aromatic N) is 1. The number of hydrogen-bond donors (Lipinski definition) is 1. The lowest BCUT2D eigenvalue weighted by Gasteiger charge is -2.15. The van der Waals surface area contributed by atoms with Gasteiger partial charge in [-0.3, -0.25) is 24.1 Å². The van der Waals surface area contributed by atoms with Crippen molar-refractivity contribution in [2.75, 3.05) is 18.5 Å². The van der Waals surface area contributed by atoms with Crippen molar-refractivity contribution in [1.29, 1.82) is 0 Å². The largest absolute Gasteiger partial charge is 0.456 e. The minimum Gasteiger partial charge on any atom is -0.456 e. The summed E-state index contributed by atoms with van der Waals surface area (Å²) >= 11 is 0. The van der Waals surface area contributed by atoms with Crippen molar-refractivity contribution in [1.82, 2.24) is 4.90 Å². The highest BCUT2D eigenvalue weighted by Crippen LogP contribution is 2.35. The van der Waals surface area contributed by atoms with Crippen LogP contribution in [0.4, 0.5) is 5.69 Å². The molecule has 3 rings (SSSR count). The molecule has 0 unspecified atom stereocenters. The molecule has 1 aliphatic carbocycles. The molecule has 0 spiro atoms. The summed E-state index contributed by atoms with van der Waals surface area (Å²) in [4.78, 5) is 50.0. The number of ether oxygens (including phenoxy) is 1. The Hall–Kier alpha value is -2.96. The number of nitrogens with one attached hydrogen (secondary N) is 1. The number of amides is 3. The Morgan fingerprint density at radius 3 is 2.14 bits per heavy atom. The van der Waals surface area contributed by atoms with Crippen LogP contribution in [0, 0.1) is 32.6 Å². The second kappa shape index (κ2) is 8.59. The van der Waals surface area contributed by atoms with Crippen LogP contribution in [0.5, 0.6) is 0 Å². The molecule has 1 N–H and O–H groups in total. The summed E-state index contributed by atoms with van der Waals surface area (Å²) in [5.74, 6) is -2.11. The van der Waals surface area contributed by atoms with Gasteiger partial charge in [0.05, 0.1) is 18.3 Å². The smallest absolute Gasteiger partial charge is 0.308 e. The van der Waals surface area contributed by atoms with E-state index in [0.29, 0.717) is 18.5 Å². The number of likely N-dealkylation sites (tertiary alicyclic amines) is 1. The zero-order chi connectivity index (χ0) is 21.1. The van der Waals surface area contributed by atoms with Gasteiger partial charge < -0.3 is 10.1 Å². The number of carbonyl (C=O) groups excluding carboxylic acids is 4. The topological polar surface area (TPSA) is 92.8 Å². The Kier molecular flexibility index (Phi) is 6.15. The van der Waals surface area contributed by atoms with Crippen molar-refractivity contribution in [3.8, 4) is 0 Å². The molecule has 1 aliphatic heterocycles. The van der Waals surface area contributed by atoms with Gasteiger partial charge in [-0.25, -0.2) is 0 Å². The molecule has 1 heterocycles. The van der Waals surface area contributed by atoms with E-state index in [1.165, 1.54) is 0 Å². The second-order valence-corrected chi connectivity index (χ2v) is 7.72. The van der Waals surface area contributed by atoms with Gasteiger partial charge in [-0.2, -0.15) is 0 Å². The maximum Gasteiger partial charge on any atom is 0.308 e. The van der Waals surface area contributed by atoms with E-state index < -0.39 is 18.5 Å². The summed E-state index contributed by atoms with van der Waals surface area (Å²) in [6, 6.07) is 3.93. The van der Waals surface area contributed by atoms with Gasteiger partial charge in [0.15, 0.2) is 6.61 Å². The highest BCUT2D eigenvalue weighted by Gasteiger charge is 2.46. The molecule has 7 nitrogen and oxygen atoms in total. The minimum absolute atomic E-state index is 0.0126. The molecule has 2 atom stereocenters. The Labute approximate surface area is 170 Å². The van der Waals surface area contributed by atoms with E-state index in [1.807, 2.05) is 45.1 Å². The van der Waals surface area contributed by atoms with E-state index in [9.17, 15) is 19.2 Å². The molecular formula is C22H26N2O5. The van der Waals surface area contributed by atoms with E-state index >= 15 is 0 Å². The molecule has 7 heteroatoms. The number of hydrogen-bond acceptors (Lipinski definition) is 5. The van der Waals surface area contributed by atoms with Gasteiger partial charge in [0.2, 0.25) is 11.8 Å². The Bertz CT molecular complexity index is 840. The molecule has 0 bridgehead atoms. The number of allylic oxidation sites excluding steroid dienone is 2. The first-order valence-corrected chi connectivity index (χ1v) is 9.81. The molecule has 1 aromatic carbocycles. The third-order valence-corrected chi connectivity index (χ3v) is 5.44. The molecule has 0 aromatic heterocycles. The molecule has 3 amide bonds. The van der Waals surface area contributed by atoms with Crippen LogP contribution in [0.3, 0.4) is 0 Å². The van der Waals surface area contributed by atoms with Crippen LogP contribution in [-0.2, 0) is 23.9 Å². The summed E-state index contributed by atoms with van der Waals surface area (Å²) in [6.07, 6.45) is 4.84. The Balaban J connectivity index is 1.46. The van der Waals surface area contributed by atoms with Crippen LogP contribution in [0.1, 0.15) is 36.0 Å². The average molecular weight is 398 g/mol. The maximum atomic E-state index is 12.4. The highest BCUT2D eigenvalue weighted by atomic mass is 16.5. The maximum absolute atomic E-state index is 12.4. The third-order valence-electron chi connectivity index (χ3n) is 5.44. The first-order valence-electron chi connectivity index (χ1n) is 9.81. The lowest BCUT2D eigenvalue weighted by atomic mass is 9.85. The summed E-state index contributed by atoms with van der Waals surface area (Å²) in [5, 5.41) is 2.76. The second-order valence-electron chi connectivity index (χ2n) is 7.72. The van der Waals surface area contributed by atoms with Gasteiger partial charge >= 0.3 is 5.97 Å². The van der Waals surface area contributed by atoms with Gasteiger partial charge in [0.1, 0.15) is 0 Å². The van der Waals surface area contributed by atoms with Gasteiger partial charge in [0, 0.05) is 12.2 Å². The number of fused-ring (bicyclic) bond motifs is 1. The third kappa shape index (κ3) is 4.55. The van der Waals surface area contributed by atoms with Crippen LogP contribution in [0.15, 0.2) is 24.3 Å². The summed E-state index contributed by atoms with van der Waals surface area (Å²) in [7, 11) is 0. The first kappa shape index (κ1) is 20.8. The highest BCUT2D eigenvalue weighted by molar-refractivity contribution is 6.05. The van der Waals surface area contributed by atoms with E-state index in [4.69, 9.17) is 4.74 Å². The number of aryl methyl sites for hydroxylation is 3. The molecule has 29 heavy (non-hydrogen) atoms. The van der Waals surface area contributed by atoms with Crippen LogP contribution < -0.4 is 5.32 Å². The van der Waals surface area contributed by atoms with E-state index in [0.717, 1.165) is 21.6 Å². The van der Waals surface area contributed by atoms with Gasteiger partial charge in [-0.1, -0.05) is 29.8 Å². The van der Waals surface area contributed by atoms with Crippen molar-refractivity contribution in [2.24, 2.45) is 11.8 Å². The van der Waals surface area contributed by atoms with E-state index in [2.05, 4.69) is 5.32 Å². The van der Waals surface area contributed by atoms with Crippen LogP contribution in [-0.4, -0.2) is 41.7 Å². The van der Waals surface area contributed by atoms with Crippen molar-refractivity contribution in [2.45, 2.75) is 40.0 Å². The lowest BCUT2D eigenvalue weighted by molar-refractivity contribution is -0.148. The monoisotopic (exact) mass is 398 g/mol. The van der Waals surface area contributed by atoms with E-state index in [1.54, 1.807) is 0 Å². The lowest BCUT2D eigenvalue weighted by Crippen LogP contribution is -2.33. The zero-order valence-electron chi connectivity index (χ0n) is 17.0. The van der Waals surface area contributed by atoms with Crippen molar-refractivity contribution >= 4 is 29.4 Å².